The van der Waals surface area contributed by atoms with Crippen LogP contribution >= 0.6 is 15.9 Å². The van der Waals surface area contributed by atoms with Gasteiger partial charge in [0.05, 0.1) is 12.1 Å². The van der Waals surface area contributed by atoms with Gasteiger partial charge in [0.2, 0.25) is 23.6 Å². The number of aliphatic hydroxyl groups is 1. The summed E-state index contributed by atoms with van der Waals surface area (Å²) in [5, 5.41) is 26.4. The van der Waals surface area contributed by atoms with E-state index in [9.17, 15) is 19.2 Å². The SMILES string of the molecule is C[C@H](NC(=O)[C@@H]1CCCN1)C(=O)NCCCBr.C[C@H](NC(=O)[C@@H]1CCCN1)C(=O)NCCCO.O. The fourth-order valence-electron chi connectivity index (χ4n) is 3.45. The molecule has 2 fully saturated rings. The predicted octanol–water partition coefficient (Wildman–Crippen LogP) is -1.94. The van der Waals surface area contributed by atoms with Crippen molar-refractivity contribution in [2.45, 2.75) is 76.5 Å². The minimum atomic E-state index is -0.538. The van der Waals surface area contributed by atoms with Gasteiger partial charge in [0, 0.05) is 25.0 Å². The highest BCUT2D eigenvalue weighted by Crippen LogP contribution is 2.05. The summed E-state index contributed by atoms with van der Waals surface area (Å²) in [4.78, 5) is 46.6. The molecule has 0 unspecified atom stereocenters. The number of nitrogens with one attached hydrogen (secondary N) is 6. The van der Waals surface area contributed by atoms with Crippen LogP contribution < -0.4 is 31.9 Å². The molecule has 13 heteroatoms. The maximum atomic E-state index is 11.7. The Hall–Kier alpha value is -1.80. The zero-order valence-corrected chi connectivity index (χ0v) is 22.3. The van der Waals surface area contributed by atoms with Gasteiger partial charge in [0.1, 0.15) is 12.1 Å². The molecular formula is C22H43BrN6O6. The van der Waals surface area contributed by atoms with E-state index < -0.39 is 12.1 Å². The van der Waals surface area contributed by atoms with E-state index in [1.165, 1.54) is 0 Å². The van der Waals surface area contributed by atoms with Crippen LogP contribution in [0.3, 0.4) is 0 Å². The first kappa shape index (κ1) is 33.2. The summed E-state index contributed by atoms with van der Waals surface area (Å²) in [5.41, 5.74) is 0. The van der Waals surface area contributed by atoms with Gasteiger partial charge >= 0.3 is 0 Å². The maximum Gasteiger partial charge on any atom is 0.242 e. The summed E-state index contributed by atoms with van der Waals surface area (Å²) in [5.74, 6) is -0.542. The number of carbonyl (C=O) groups excluding carboxylic acids is 4. The zero-order valence-electron chi connectivity index (χ0n) is 20.8. The highest BCUT2D eigenvalue weighted by Gasteiger charge is 2.25. The van der Waals surface area contributed by atoms with Crippen LogP contribution in [-0.4, -0.2) is 96.5 Å². The first-order chi connectivity index (χ1) is 16.3. The molecule has 2 heterocycles. The smallest absolute Gasteiger partial charge is 0.242 e. The standard InChI is InChI=1S/C11H20BrN3O2.C11H21N3O3.H2O/c1-8(10(16)14-7-3-5-12)15-11(17)9-4-2-6-13-9;1-8(10(16)13-6-3-7-15)14-11(17)9-4-2-5-12-9;/h8-9,13H,2-7H2,1H3,(H,14,16)(H,15,17);8-9,12,15H,2-7H2,1H3,(H,13,16)(H,14,17);1H2/t2*8-,9-;/m00./s1. The van der Waals surface area contributed by atoms with E-state index in [0.717, 1.165) is 50.5 Å². The number of amides is 4. The summed E-state index contributed by atoms with van der Waals surface area (Å²) in [7, 11) is 0. The molecular weight excluding hydrogens is 524 g/mol. The monoisotopic (exact) mass is 566 g/mol. The molecule has 2 aliphatic rings. The van der Waals surface area contributed by atoms with Gasteiger partial charge in [-0.3, -0.25) is 19.2 Å². The average Bonchev–Trinajstić information content (AvgIpc) is 3.54. The van der Waals surface area contributed by atoms with Crippen molar-refractivity contribution in [1.29, 1.82) is 0 Å². The number of rotatable bonds is 12. The summed E-state index contributed by atoms with van der Waals surface area (Å²) in [6.07, 6.45) is 5.10. The fourth-order valence-corrected chi connectivity index (χ4v) is 3.73. The molecule has 4 atom stereocenters. The lowest BCUT2D eigenvalue weighted by Crippen LogP contribution is -2.50. The Morgan fingerprint density at radius 2 is 1.29 bits per heavy atom. The molecule has 35 heavy (non-hydrogen) atoms. The van der Waals surface area contributed by atoms with Crippen molar-refractivity contribution < 1.29 is 29.8 Å². The number of hydrogen-bond donors (Lipinski definition) is 7. The van der Waals surface area contributed by atoms with Gasteiger partial charge in [-0.25, -0.2) is 0 Å². The van der Waals surface area contributed by atoms with Gasteiger partial charge < -0.3 is 42.5 Å². The molecule has 204 valence electrons. The minimum Gasteiger partial charge on any atom is -0.412 e. The molecule has 0 aromatic rings. The van der Waals surface area contributed by atoms with Gasteiger partial charge in [-0.2, -0.15) is 0 Å². The molecule has 0 aliphatic carbocycles. The molecule has 2 rings (SSSR count). The molecule has 12 nitrogen and oxygen atoms in total. The van der Waals surface area contributed by atoms with E-state index in [4.69, 9.17) is 5.11 Å². The van der Waals surface area contributed by atoms with E-state index in [1.54, 1.807) is 13.8 Å². The lowest BCUT2D eigenvalue weighted by atomic mass is 10.2. The van der Waals surface area contributed by atoms with Gasteiger partial charge in [-0.1, -0.05) is 15.9 Å². The van der Waals surface area contributed by atoms with Crippen molar-refractivity contribution >= 4 is 39.6 Å². The molecule has 0 aromatic heterocycles. The Bertz CT molecular complexity index is 590. The topological polar surface area (TPSA) is 192 Å². The third kappa shape index (κ3) is 13.8. The summed E-state index contributed by atoms with van der Waals surface area (Å²) >= 11 is 3.29. The van der Waals surface area contributed by atoms with Crippen LogP contribution in [0.2, 0.25) is 0 Å². The van der Waals surface area contributed by atoms with E-state index in [1.807, 2.05) is 0 Å². The molecule has 0 aromatic carbocycles. The predicted molar refractivity (Wildman–Crippen MR) is 137 cm³/mol. The van der Waals surface area contributed by atoms with Gasteiger partial charge in [0.15, 0.2) is 0 Å². The second-order valence-corrected chi connectivity index (χ2v) is 9.25. The number of alkyl halides is 1. The zero-order chi connectivity index (χ0) is 25.3. The van der Waals surface area contributed by atoms with Crippen LogP contribution in [0.4, 0.5) is 0 Å². The number of hydrogen-bond acceptors (Lipinski definition) is 7. The van der Waals surface area contributed by atoms with Crippen LogP contribution in [-0.2, 0) is 19.2 Å². The number of carbonyl (C=O) groups is 4. The van der Waals surface area contributed by atoms with Crippen molar-refractivity contribution in [3.8, 4) is 0 Å². The van der Waals surface area contributed by atoms with Crippen LogP contribution in [0.5, 0.6) is 0 Å². The van der Waals surface area contributed by atoms with Crippen LogP contribution in [0, 0.1) is 0 Å². The minimum absolute atomic E-state index is 0. The third-order valence-corrected chi connectivity index (χ3v) is 6.06. The van der Waals surface area contributed by atoms with Crippen molar-refractivity contribution in [2.24, 2.45) is 0 Å². The summed E-state index contributed by atoms with van der Waals surface area (Å²) in [6.45, 7) is 6.20. The maximum absolute atomic E-state index is 11.7. The summed E-state index contributed by atoms with van der Waals surface area (Å²) in [6, 6.07) is -1.31. The Balaban J connectivity index is 0.000000642. The Morgan fingerprint density at radius 1 is 0.857 bits per heavy atom. The van der Waals surface area contributed by atoms with Crippen molar-refractivity contribution in [1.82, 2.24) is 31.9 Å². The van der Waals surface area contributed by atoms with Crippen LogP contribution in [0.1, 0.15) is 52.4 Å². The number of aliphatic hydroxyl groups excluding tert-OH is 1. The van der Waals surface area contributed by atoms with Crippen molar-refractivity contribution in [3.05, 3.63) is 0 Å². The quantitative estimate of drug-likeness (QED) is 0.105. The Labute approximate surface area is 215 Å². The van der Waals surface area contributed by atoms with Gasteiger partial charge in [-0.15, -0.1) is 0 Å². The van der Waals surface area contributed by atoms with Crippen LogP contribution in [0.25, 0.3) is 0 Å². The highest BCUT2D eigenvalue weighted by atomic mass is 79.9. The molecule has 0 radical (unpaired) electrons. The third-order valence-electron chi connectivity index (χ3n) is 5.50. The van der Waals surface area contributed by atoms with Gasteiger partial charge in [-0.05, 0) is 65.5 Å². The average molecular weight is 568 g/mol. The van der Waals surface area contributed by atoms with Crippen molar-refractivity contribution in [2.75, 3.05) is 38.1 Å². The molecule has 4 amide bonds. The second kappa shape index (κ2) is 19.4. The highest BCUT2D eigenvalue weighted by molar-refractivity contribution is 9.09. The van der Waals surface area contributed by atoms with E-state index in [0.29, 0.717) is 19.5 Å². The Morgan fingerprint density at radius 3 is 1.63 bits per heavy atom. The first-order valence-corrected chi connectivity index (χ1v) is 13.2. The fraction of sp³-hybridized carbons (Fsp3) is 0.818. The van der Waals surface area contributed by atoms with Crippen LogP contribution in [0.15, 0.2) is 0 Å². The van der Waals surface area contributed by atoms with Crippen molar-refractivity contribution in [3.63, 3.8) is 0 Å². The lowest BCUT2D eigenvalue weighted by Gasteiger charge is -2.16. The normalized spacial score (nSPS) is 20.3. The lowest BCUT2D eigenvalue weighted by molar-refractivity contribution is -0.129. The molecule has 0 saturated carbocycles. The molecule has 2 aliphatic heterocycles. The van der Waals surface area contributed by atoms with E-state index >= 15 is 0 Å². The van der Waals surface area contributed by atoms with Gasteiger partial charge in [0.25, 0.3) is 0 Å². The first-order valence-electron chi connectivity index (χ1n) is 12.1. The number of halogens is 1. The molecule has 2 saturated heterocycles. The van der Waals surface area contributed by atoms with E-state index in [2.05, 4.69) is 47.8 Å². The largest absolute Gasteiger partial charge is 0.412 e. The second-order valence-electron chi connectivity index (χ2n) is 8.46. The molecule has 9 N–H and O–H groups in total. The Kier molecular flexibility index (Phi) is 18.4. The molecule has 0 spiro atoms. The van der Waals surface area contributed by atoms with E-state index in [-0.39, 0.29) is 47.8 Å². The summed E-state index contributed by atoms with van der Waals surface area (Å²) < 4.78 is 0. The molecule has 0 bridgehead atoms.